The van der Waals surface area contributed by atoms with Gasteiger partial charge in [-0.25, -0.2) is 0 Å². The third-order valence-corrected chi connectivity index (χ3v) is 4.28. The number of aromatic amines is 1. The van der Waals surface area contributed by atoms with Crippen molar-refractivity contribution < 1.29 is 9.90 Å². The molecule has 1 unspecified atom stereocenters. The van der Waals surface area contributed by atoms with Crippen molar-refractivity contribution in [2.24, 2.45) is 5.92 Å². The standard InChI is InChI=1S/C15H17BrN2O2/c1-18(8-14(19)9-2-3-9)15(20)13-7-10-6-11(16)4-5-12(10)17-13/h4-7,9,14,17,19H,2-3,8H2,1H3. The zero-order valence-corrected chi connectivity index (χ0v) is 12.9. The van der Waals surface area contributed by atoms with Gasteiger partial charge in [0.25, 0.3) is 5.91 Å². The quantitative estimate of drug-likeness (QED) is 0.901. The summed E-state index contributed by atoms with van der Waals surface area (Å²) in [6, 6.07) is 7.70. The number of amides is 1. The number of halogens is 1. The molecule has 1 fully saturated rings. The lowest BCUT2D eigenvalue weighted by molar-refractivity contribution is 0.0641. The summed E-state index contributed by atoms with van der Waals surface area (Å²) in [7, 11) is 1.73. The summed E-state index contributed by atoms with van der Waals surface area (Å²) in [6.45, 7) is 0.391. The fourth-order valence-electron chi connectivity index (χ4n) is 2.42. The Labute approximate surface area is 125 Å². The van der Waals surface area contributed by atoms with Crippen LogP contribution >= 0.6 is 15.9 Å². The number of aliphatic hydroxyl groups excluding tert-OH is 1. The van der Waals surface area contributed by atoms with E-state index in [1.165, 1.54) is 0 Å². The summed E-state index contributed by atoms with van der Waals surface area (Å²) in [6.07, 6.45) is 1.75. The second-order valence-corrected chi connectivity index (χ2v) is 6.42. The molecule has 0 aliphatic heterocycles. The number of fused-ring (bicyclic) bond motifs is 1. The fourth-order valence-corrected chi connectivity index (χ4v) is 2.80. The number of carbonyl (C=O) groups is 1. The Balaban J connectivity index is 1.76. The van der Waals surface area contributed by atoms with E-state index in [1.807, 2.05) is 24.3 Å². The fraction of sp³-hybridized carbons (Fsp3) is 0.400. The first-order chi connectivity index (χ1) is 9.54. The largest absolute Gasteiger partial charge is 0.391 e. The third kappa shape index (κ3) is 2.74. The van der Waals surface area contributed by atoms with Gasteiger partial charge in [0.05, 0.1) is 6.10 Å². The molecule has 106 valence electrons. The van der Waals surface area contributed by atoms with Crippen LogP contribution in [0.25, 0.3) is 10.9 Å². The van der Waals surface area contributed by atoms with Gasteiger partial charge in [-0.15, -0.1) is 0 Å². The van der Waals surface area contributed by atoms with Crippen LogP contribution in [-0.4, -0.2) is 40.6 Å². The summed E-state index contributed by atoms with van der Waals surface area (Å²) in [5.41, 5.74) is 1.50. The maximum absolute atomic E-state index is 12.3. The van der Waals surface area contributed by atoms with Crippen molar-refractivity contribution >= 4 is 32.7 Å². The molecule has 4 nitrogen and oxygen atoms in total. The van der Waals surface area contributed by atoms with Crippen molar-refractivity contribution in [3.8, 4) is 0 Å². The van der Waals surface area contributed by atoms with Crippen LogP contribution in [0.5, 0.6) is 0 Å². The first-order valence-corrected chi connectivity index (χ1v) is 7.55. The van der Waals surface area contributed by atoms with E-state index in [9.17, 15) is 9.90 Å². The number of rotatable bonds is 4. The molecule has 0 bridgehead atoms. The highest BCUT2D eigenvalue weighted by atomic mass is 79.9. The molecule has 0 spiro atoms. The highest BCUT2D eigenvalue weighted by Crippen LogP contribution is 2.32. The van der Waals surface area contributed by atoms with Gasteiger partial charge in [-0.2, -0.15) is 0 Å². The minimum absolute atomic E-state index is 0.0861. The first kappa shape index (κ1) is 13.6. The predicted octanol–water partition coefficient (Wildman–Crippen LogP) is 2.77. The zero-order valence-electron chi connectivity index (χ0n) is 11.3. The zero-order chi connectivity index (χ0) is 14.3. The van der Waals surface area contributed by atoms with Crippen molar-refractivity contribution in [2.45, 2.75) is 18.9 Å². The van der Waals surface area contributed by atoms with Gasteiger partial charge in [-0.3, -0.25) is 4.79 Å². The topological polar surface area (TPSA) is 56.3 Å². The van der Waals surface area contributed by atoms with E-state index in [2.05, 4.69) is 20.9 Å². The average Bonchev–Trinajstić information content (AvgIpc) is 3.18. The van der Waals surface area contributed by atoms with E-state index < -0.39 is 6.10 Å². The van der Waals surface area contributed by atoms with E-state index in [0.717, 1.165) is 28.2 Å². The van der Waals surface area contributed by atoms with E-state index in [0.29, 0.717) is 18.2 Å². The van der Waals surface area contributed by atoms with Gasteiger partial charge in [-0.05, 0) is 43.0 Å². The van der Waals surface area contributed by atoms with Crippen LogP contribution in [0.1, 0.15) is 23.3 Å². The van der Waals surface area contributed by atoms with Crippen LogP contribution in [0.3, 0.4) is 0 Å². The van der Waals surface area contributed by atoms with Crippen LogP contribution in [0, 0.1) is 5.92 Å². The molecule has 1 aromatic heterocycles. The molecular formula is C15H17BrN2O2. The van der Waals surface area contributed by atoms with E-state index in [-0.39, 0.29) is 5.91 Å². The number of nitrogens with zero attached hydrogens (tertiary/aromatic N) is 1. The summed E-state index contributed by atoms with van der Waals surface area (Å²) in [4.78, 5) is 17.1. The predicted molar refractivity (Wildman–Crippen MR) is 81.7 cm³/mol. The van der Waals surface area contributed by atoms with Crippen molar-refractivity contribution in [3.63, 3.8) is 0 Å². The Morgan fingerprint density at radius 3 is 2.95 bits per heavy atom. The van der Waals surface area contributed by atoms with Gasteiger partial charge >= 0.3 is 0 Å². The second kappa shape index (κ2) is 5.22. The normalized spacial score (nSPS) is 16.4. The molecule has 3 rings (SSSR count). The number of carbonyl (C=O) groups excluding carboxylic acids is 1. The number of aliphatic hydroxyl groups is 1. The summed E-state index contributed by atoms with van der Waals surface area (Å²) in [5, 5.41) is 10.9. The number of hydrogen-bond donors (Lipinski definition) is 2. The maximum atomic E-state index is 12.3. The Bertz CT molecular complexity index is 648. The van der Waals surface area contributed by atoms with Gasteiger partial charge in [0.15, 0.2) is 0 Å². The van der Waals surface area contributed by atoms with Crippen LogP contribution in [0.15, 0.2) is 28.7 Å². The van der Waals surface area contributed by atoms with Gasteiger partial charge in [0.1, 0.15) is 5.69 Å². The number of aromatic nitrogens is 1. The second-order valence-electron chi connectivity index (χ2n) is 5.51. The molecule has 1 heterocycles. The molecule has 5 heteroatoms. The molecular weight excluding hydrogens is 320 g/mol. The molecule has 1 aliphatic rings. The van der Waals surface area contributed by atoms with Crippen LogP contribution in [-0.2, 0) is 0 Å². The lowest BCUT2D eigenvalue weighted by atomic mass is 10.2. The number of nitrogens with one attached hydrogen (secondary N) is 1. The summed E-state index contributed by atoms with van der Waals surface area (Å²) in [5.74, 6) is 0.293. The Morgan fingerprint density at radius 1 is 1.50 bits per heavy atom. The van der Waals surface area contributed by atoms with Gasteiger partial charge in [0.2, 0.25) is 0 Å². The van der Waals surface area contributed by atoms with Crippen LogP contribution in [0.4, 0.5) is 0 Å². The molecule has 20 heavy (non-hydrogen) atoms. The van der Waals surface area contributed by atoms with Crippen LogP contribution < -0.4 is 0 Å². The van der Waals surface area contributed by atoms with Crippen LogP contribution in [0.2, 0.25) is 0 Å². The summed E-state index contributed by atoms with van der Waals surface area (Å²) >= 11 is 3.42. The maximum Gasteiger partial charge on any atom is 0.270 e. The molecule has 2 aromatic rings. The molecule has 0 saturated heterocycles. The Morgan fingerprint density at radius 2 is 2.25 bits per heavy atom. The Kier molecular flexibility index (Phi) is 3.56. The third-order valence-electron chi connectivity index (χ3n) is 3.79. The van der Waals surface area contributed by atoms with E-state index in [1.54, 1.807) is 11.9 Å². The SMILES string of the molecule is CN(CC(O)C1CC1)C(=O)c1cc2cc(Br)ccc2[nH]1. The van der Waals surface area contributed by atoms with Gasteiger partial charge in [-0.1, -0.05) is 15.9 Å². The van der Waals surface area contributed by atoms with E-state index >= 15 is 0 Å². The van der Waals surface area contributed by atoms with Crippen molar-refractivity contribution in [1.29, 1.82) is 0 Å². The first-order valence-electron chi connectivity index (χ1n) is 6.76. The highest BCUT2D eigenvalue weighted by Gasteiger charge is 2.31. The number of H-pyrrole nitrogens is 1. The summed E-state index contributed by atoms with van der Waals surface area (Å²) < 4.78 is 0.987. The molecule has 1 saturated carbocycles. The van der Waals surface area contributed by atoms with Crippen molar-refractivity contribution in [2.75, 3.05) is 13.6 Å². The van der Waals surface area contributed by atoms with E-state index in [4.69, 9.17) is 0 Å². The molecule has 2 N–H and O–H groups in total. The van der Waals surface area contributed by atoms with Crippen molar-refractivity contribution in [3.05, 3.63) is 34.4 Å². The molecule has 1 aromatic carbocycles. The molecule has 1 amide bonds. The number of hydrogen-bond acceptors (Lipinski definition) is 2. The molecule has 1 aliphatic carbocycles. The number of likely N-dealkylation sites (N-methyl/N-ethyl adjacent to an activating group) is 1. The minimum Gasteiger partial charge on any atom is -0.391 e. The van der Waals surface area contributed by atoms with Crippen molar-refractivity contribution in [1.82, 2.24) is 9.88 Å². The molecule has 1 atom stereocenters. The smallest absolute Gasteiger partial charge is 0.270 e. The average molecular weight is 337 g/mol. The monoisotopic (exact) mass is 336 g/mol. The van der Waals surface area contributed by atoms with Gasteiger partial charge in [0, 0.05) is 29.0 Å². The number of benzene rings is 1. The lowest BCUT2D eigenvalue weighted by Crippen LogP contribution is -2.35. The minimum atomic E-state index is -0.400. The van der Waals surface area contributed by atoms with Gasteiger partial charge < -0.3 is 15.0 Å². The highest BCUT2D eigenvalue weighted by molar-refractivity contribution is 9.10. The lowest BCUT2D eigenvalue weighted by Gasteiger charge is -2.20. The Hall–Kier alpha value is -1.33. The molecule has 0 radical (unpaired) electrons.